The Hall–Kier alpha value is -0.730. The number of carbonyl (C=O) groups excluding carboxylic acids is 1. The summed E-state index contributed by atoms with van der Waals surface area (Å²) in [5, 5.41) is 9.09. The highest BCUT2D eigenvalue weighted by molar-refractivity contribution is 5.66. The summed E-state index contributed by atoms with van der Waals surface area (Å²) in [7, 11) is 0. The van der Waals surface area contributed by atoms with E-state index in [4.69, 9.17) is 29.8 Å². The Balaban J connectivity index is 2.14. The minimum Gasteiger partial charge on any atom is -0.457 e. The largest absolute Gasteiger partial charge is 0.457 e. The van der Waals surface area contributed by atoms with Crippen LogP contribution in [0.25, 0.3) is 0 Å². The molecule has 2 fully saturated rings. The van der Waals surface area contributed by atoms with Crippen molar-refractivity contribution in [3.05, 3.63) is 0 Å². The molecule has 0 aromatic rings. The summed E-state index contributed by atoms with van der Waals surface area (Å²) in [6, 6.07) is -0.657. The topological polar surface area (TPSA) is 100 Å². The summed E-state index contributed by atoms with van der Waals surface area (Å²) in [5.74, 6) is -1.24. The quantitative estimate of drug-likeness (QED) is 0.636. The van der Waals surface area contributed by atoms with E-state index in [0.29, 0.717) is 0 Å². The van der Waals surface area contributed by atoms with Crippen LogP contribution >= 0.6 is 0 Å². The van der Waals surface area contributed by atoms with Gasteiger partial charge in [0.25, 0.3) is 0 Å². The van der Waals surface area contributed by atoms with Gasteiger partial charge in [0.15, 0.2) is 24.3 Å². The molecule has 2 aliphatic rings. The molecule has 2 saturated heterocycles. The Morgan fingerprint density at radius 3 is 2.72 bits per heavy atom. The van der Waals surface area contributed by atoms with Crippen molar-refractivity contribution in [3.63, 3.8) is 0 Å². The molecule has 0 aliphatic carbocycles. The Kier molecular flexibility index (Phi) is 3.61. The number of fused-ring (bicyclic) bond motifs is 1. The second-order valence-corrected chi connectivity index (χ2v) is 4.99. The lowest BCUT2D eigenvalue weighted by Crippen LogP contribution is -2.48. The Morgan fingerprint density at radius 2 is 2.17 bits per heavy atom. The fourth-order valence-electron chi connectivity index (χ4n) is 2.28. The van der Waals surface area contributed by atoms with Crippen LogP contribution in [0.3, 0.4) is 0 Å². The van der Waals surface area contributed by atoms with Crippen molar-refractivity contribution in [2.75, 3.05) is 6.61 Å². The molecule has 0 radical (unpaired) electrons. The van der Waals surface area contributed by atoms with Crippen LogP contribution in [0, 0.1) is 0 Å². The molecule has 18 heavy (non-hydrogen) atoms. The second kappa shape index (κ2) is 4.75. The number of carbonyl (C=O) groups is 1. The number of aliphatic hydroxyl groups is 1. The van der Waals surface area contributed by atoms with Crippen LogP contribution in [0.2, 0.25) is 0 Å². The van der Waals surface area contributed by atoms with Gasteiger partial charge in [-0.3, -0.25) is 4.79 Å². The van der Waals surface area contributed by atoms with Crippen LogP contribution in [0.5, 0.6) is 0 Å². The van der Waals surface area contributed by atoms with Gasteiger partial charge >= 0.3 is 5.97 Å². The van der Waals surface area contributed by atoms with Crippen molar-refractivity contribution < 1.29 is 28.8 Å². The molecule has 7 nitrogen and oxygen atoms in total. The van der Waals surface area contributed by atoms with Gasteiger partial charge in [-0.1, -0.05) is 0 Å². The van der Waals surface area contributed by atoms with Gasteiger partial charge in [-0.25, -0.2) is 0 Å². The molecular weight excluding hydrogens is 242 g/mol. The number of hydrogen-bond donors (Lipinski definition) is 2. The maximum Gasteiger partial charge on any atom is 0.303 e. The molecule has 0 unspecified atom stereocenters. The lowest BCUT2D eigenvalue weighted by molar-refractivity contribution is -0.221. The SMILES string of the molecule is CC(=O)O[C@H]1[C@H]([C@H](N)CO)O[C@@H]2OC(C)(C)O[C@@H]21. The summed E-state index contributed by atoms with van der Waals surface area (Å²) < 4.78 is 22.0. The van der Waals surface area contributed by atoms with Crippen molar-refractivity contribution in [3.8, 4) is 0 Å². The zero-order valence-corrected chi connectivity index (χ0v) is 10.7. The number of esters is 1. The first-order chi connectivity index (χ1) is 8.34. The van der Waals surface area contributed by atoms with E-state index in [1.165, 1.54) is 6.92 Å². The first-order valence-electron chi connectivity index (χ1n) is 5.89. The van der Waals surface area contributed by atoms with Gasteiger partial charge in [0.05, 0.1) is 12.6 Å². The Labute approximate surface area is 105 Å². The molecule has 0 saturated carbocycles. The normalized spacial score (nSPS) is 39.4. The molecule has 3 N–H and O–H groups in total. The summed E-state index contributed by atoms with van der Waals surface area (Å²) in [4.78, 5) is 11.1. The van der Waals surface area contributed by atoms with E-state index in [1.807, 2.05) is 0 Å². The molecule has 5 atom stereocenters. The fraction of sp³-hybridized carbons (Fsp3) is 0.909. The van der Waals surface area contributed by atoms with E-state index in [9.17, 15) is 4.79 Å². The van der Waals surface area contributed by atoms with Gasteiger partial charge in [0.1, 0.15) is 6.10 Å². The third-order valence-corrected chi connectivity index (χ3v) is 2.96. The number of hydrogen-bond acceptors (Lipinski definition) is 7. The van der Waals surface area contributed by atoms with Crippen LogP contribution in [0.15, 0.2) is 0 Å². The van der Waals surface area contributed by atoms with Crippen LogP contribution in [0.1, 0.15) is 20.8 Å². The number of nitrogens with two attached hydrogens (primary N) is 1. The molecule has 2 aliphatic heterocycles. The average molecular weight is 261 g/mol. The summed E-state index contributed by atoms with van der Waals surface area (Å²) in [6.45, 7) is 4.53. The molecule has 2 heterocycles. The number of ether oxygens (including phenoxy) is 4. The predicted molar refractivity (Wildman–Crippen MR) is 59.3 cm³/mol. The highest BCUT2D eigenvalue weighted by atomic mass is 16.8. The maximum absolute atomic E-state index is 11.1. The third-order valence-electron chi connectivity index (χ3n) is 2.96. The highest BCUT2D eigenvalue weighted by Crippen LogP contribution is 2.39. The molecule has 0 spiro atoms. The molecule has 2 rings (SSSR count). The van der Waals surface area contributed by atoms with E-state index in [-0.39, 0.29) is 6.61 Å². The Morgan fingerprint density at radius 1 is 1.50 bits per heavy atom. The van der Waals surface area contributed by atoms with Crippen LogP contribution in [-0.4, -0.2) is 54.1 Å². The molecule has 0 bridgehead atoms. The zero-order chi connectivity index (χ0) is 13.5. The van der Waals surface area contributed by atoms with Gasteiger partial charge in [-0.05, 0) is 13.8 Å². The number of rotatable bonds is 3. The van der Waals surface area contributed by atoms with Crippen LogP contribution in [-0.2, 0) is 23.7 Å². The van der Waals surface area contributed by atoms with E-state index in [1.54, 1.807) is 13.8 Å². The van der Waals surface area contributed by atoms with Gasteiger partial charge < -0.3 is 29.8 Å². The van der Waals surface area contributed by atoms with Gasteiger partial charge in [-0.15, -0.1) is 0 Å². The van der Waals surface area contributed by atoms with Gasteiger partial charge in [-0.2, -0.15) is 0 Å². The van der Waals surface area contributed by atoms with Gasteiger partial charge in [0, 0.05) is 6.92 Å². The molecule has 0 aromatic carbocycles. The summed E-state index contributed by atoms with van der Waals surface area (Å²) >= 11 is 0. The van der Waals surface area contributed by atoms with E-state index < -0.39 is 42.4 Å². The first kappa shape index (κ1) is 13.7. The van der Waals surface area contributed by atoms with Crippen molar-refractivity contribution in [2.24, 2.45) is 5.73 Å². The second-order valence-electron chi connectivity index (χ2n) is 4.99. The van der Waals surface area contributed by atoms with Crippen molar-refractivity contribution in [1.29, 1.82) is 0 Å². The molecular formula is C11H19NO6. The standard InChI is InChI=1S/C11H19NO6/c1-5(14)15-8-7(6(12)4-13)16-10-9(8)17-11(2,3)18-10/h6-10,13H,4,12H2,1-3H3/t6-,7+,8+,9-,10-/m1/s1. The third kappa shape index (κ3) is 2.50. The molecule has 0 amide bonds. The lowest BCUT2D eigenvalue weighted by atomic mass is 10.0. The molecule has 0 aromatic heterocycles. The van der Waals surface area contributed by atoms with E-state index in [2.05, 4.69) is 0 Å². The lowest BCUT2D eigenvalue weighted by Gasteiger charge is -2.27. The van der Waals surface area contributed by atoms with Crippen molar-refractivity contribution >= 4 is 5.97 Å². The average Bonchev–Trinajstić information content (AvgIpc) is 2.71. The van der Waals surface area contributed by atoms with E-state index in [0.717, 1.165) is 0 Å². The van der Waals surface area contributed by atoms with Crippen molar-refractivity contribution in [1.82, 2.24) is 0 Å². The predicted octanol–water partition coefficient (Wildman–Crippen LogP) is -0.886. The smallest absolute Gasteiger partial charge is 0.303 e. The van der Waals surface area contributed by atoms with Crippen molar-refractivity contribution in [2.45, 2.75) is 57.2 Å². The van der Waals surface area contributed by atoms with Gasteiger partial charge in [0.2, 0.25) is 0 Å². The first-order valence-corrected chi connectivity index (χ1v) is 5.89. The monoisotopic (exact) mass is 261 g/mol. The molecule has 7 heteroatoms. The minimum atomic E-state index is -0.790. The summed E-state index contributed by atoms with van der Waals surface area (Å²) in [6.07, 6.45) is -2.46. The summed E-state index contributed by atoms with van der Waals surface area (Å²) in [5.41, 5.74) is 5.74. The van der Waals surface area contributed by atoms with Crippen LogP contribution in [0.4, 0.5) is 0 Å². The molecule has 104 valence electrons. The number of aliphatic hydroxyl groups excluding tert-OH is 1. The Bertz CT molecular complexity index is 333. The van der Waals surface area contributed by atoms with E-state index >= 15 is 0 Å². The highest BCUT2D eigenvalue weighted by Gasteiger charge is 2.57. The maximum atomic E-state index is 11.1. The fourth-order valence-corrected chi connectivity index (χ4v) is 2.28. The minimum absolute atomic E-state index is 0.273. The zero-order valence-electron chi connectivity index (χ0n) is 10.7. The van der Waals surface area contributed by atoms with Crippen LogP contribution < -0.4 is 5.73 Å².